The number of ether oxygens (including phenoxy) is 3. The number of hydrogen-bond donors (Lipinski definition) is 0. The van der Waals surface area contributed by atoms with Crippen molar-refractivity contribution < 1.29 is 19.0 Å². The van der Waals surface area contributed by atoms with E-state index in [1.165, 1.54) is 18.4 Å². The minimum atomic E-state index is -0.672. The lowest BCUT2D eigenvalue weighted by molar-refractivity contribution is -0.147. The van der Waals surface area contributed by atoms with Gasteiger partial charge in [-0.1, -0.05) is 80.9 Å². The van der Waals surface area contributed by atoms with Crippen molar-refractivity contribution in [3.63, 3.8) is 0 Å². The van der Waals surface area contributed by atoms with E-state index in [1.54, 1.807) is 0 Å². The number of carbonyl (C=O) groups is 1. The number of aryl methyl sites for hydroxylation is 1. The summed E-state index contributed by atoms with van der Waals surface area (Å²) in [5, 5.41) is 0. The summed E-state index contributed by atoms with van der Waals surface area (Å²) in [5.74, 6) is 2.41. The first-order valence-electron chi connectivity index (χ1n) is 15.8. The number of methoxy groups -OCH3 is 1. The van der Waals surface area contributed by atoms with Crippen molar-refractivity contribution in [2.45, 2.75) is 78.6 Å². The number of carbonyl (C=O) groups excluding carboxylic acids is 1. The third-order valence-corrected chi connectivity index (χ3v) is 8.77. The molecule has 1 atom stereocenters. The number of esters is 1. The standard InChI is InChI=1S/C37H45N3O4/c1-6-8-20-40-32(27(3)38-35(40)30-12-10-9-11-13-30)26-39(25-29-16-19-33-34(23-29)44-22-21-43-33)24-28-14-17-31(18-15-28)37(4,7-2)36(41)42-5/h9-19,23H,6-8,20-22,24-26H2,1-5H3. The van der Waals surface area contributed by atoms with Gasteiger partial charge in [0.15, 0.2) is 11.5 Å². The molecule has 0 N–H and O–H groups in total. The molecule has 0 aliphatic carbocycles. The van der Waals surface area contributed by atoms with Crippen LogP contribution in [0, 0.1) is 6.92 Å². The van der Waals surface area contributed by atoms with Crippen LogP contribution in [0.3, 0.4) is 0 Å². The normalized spacial score (nSPS) is 14.0. The van der Waals surface area contributed by atoms with E-state index >= 15 is 0 Å². The van der Waals surface area contributed by atoms with E-state index in [0.717, 1.165) is 78.7 Å². The highest BCUT2D eigenvalue weighted by molar-refractivity contribution is 5.82. The lowest BCUT2D eigenvalue weighted by Crippen LogP contribution is -2.33. The molecule has 0 saturated heterocycles. The smallest absolute Gasteiger partial charge is 0.315 e. The van der Waals surface area contributed by atoms with Crippen LogP contribution in [0.1, 0.15) is 68.1 Å². The molecule has 0 bridgehead atoms. The topological polar surface area (TPSA) is 65.8 Å². The molecule has 0 spiro atoms. The zero-order valence-corrected chi connectivity index (χ0v) is 26.8. The fourth-order valence-corrected chi connectivity index (χ4v) is 5.92. The fourth-order valence-electron chi connectivity index (χ4n) is 5.92. The van der Waals surface area contributed by atoms with Crippen LogP contribution in [0.4, 0.5) is 0 Å². The van der Waals surface area contributed by atoms with Gasteiger partial charge in [-0.05, 0) is 55.5 Å². The second-order valence-corrected chi connectivity index (χ2v) is 11.8. The van der Waals surface area contributed by atoms with Crippen LogP contribution in [0.15, 0.2) is 72.8 Å². The number of rotatable bonds is 13. The molecule has 0 saturated carbocycles. The van der Waals surface area contributed by atoms with Crippen LogP contribution < -0.4 is 9.47 Å². The molecule has 1 unspecified atom stereocenters. The number of nitrogens with zero attached hydrogens (tertiary/aromatic N) is 3. The highest BCUT2D eigenvalue weighted by atomic mass is 16.6. The maximum absolute atomic E-state index is 12.6. The van der Waals surface area contributed by atoms with Crippen molar-refractivity contribution in [1.82, 2.24) is 14.5 Å². The Bertz CT molecular complexity index is 1550. The summed E-state index contributed by atoms with van der Waals surface area (Å²) >= 11 is 0. The minimum Gasteiger partial charge on any atom is -0.486 e. The van der Waals surface area contributed by atoms with Gasteiger partial charge in [-0.15, -0.1) is 0 Å². The second-order valence-electron chi connectivity index (χ2n) is 11.8. The summed E-state index contributed by atoms with van der Waals surface area (Å²) in [5.41, 5.74) is 6.06. The van der Waals surface area contributed by atoms with E-state index in [1.807, 2.05) is 26.0 Å². The molecule has 232 valence electrons. The summed E-state index contributed by atoms with van der Waals surface area (Å²) in [7, 11) is 1.46. The Morgan fingerprint density at radius 2 is 1.61 bits per heavy atom. The molecule has 1 aliphatic rings. The van der Waals surface area contributed by atoms with Gasteiger partial charge in [0.05, 0.1) is 23.9 Å². The van der Waals surface area contributed by atoms with E-state index in [9.17, 15) is 4.79 Å². The highest BCUT2D eigenvalue weighted by Gasteiger charge is 2.34. The summed E-state index contributed by atoms with van der Waals surface area (Å²) < 4.78 is 19.2. The molecule has 7 nitrogen and oxygen atoms in total. The molecule has 44 heavy (non-hydrogen) atoms. The maximum Gasteiger partial charge on any atom is 0.315 e. The van der Waals surface area contributed by atoms with Crippen molar-refractivity contribution in [1.29, 1.82) is 0 Å². The van der Waals surface area contributed by atoms with Crippen molar-refractivity contribution >= 4 is 5.97 Å². The van der Waals surface area contributed by atoms with Gasteiger partial charge in [0, 0.05) is 31.7 Å². The van der Waals surface area contributed by atoms with Crippen LogP contribution >= 0.6 is 0 Å². The molecule has 0 amide bonds. The highest BCUT2D eigenvalue weighted by Crippen LogP contribution is 2.33. The maximum atomic E-state index is 12.6. The average molecular weight is 596 g/mol. The van der Waals surface area contributed by atoms with Gasteiger partial charge in [0.2, 0.25) is 0 Å². The molecule has 3 aromatic carbocycles. The first kappa shape index (κ1) is 31.3. The van der Waals surface area contributed by atoms with Gasteiger partial charge < -0.3 is 18.8 Å². The third-order valence-electron chi connectivity index (χ3n) is 8.77. The Labute approximate surface area is 261 Å². The molecule has 1 aromatic heterocycles. The predicted molar refractivity (Wildman–Crippen MR) is 174 cm³/mol. The quantitative estimate of drug-likeness (QED) is 0.149. The lowest BCUT2D eigenvalue weighted by Gasteiger charge is -2.27. The predicted octanol–water partition coefficient (Wildman–Crippen LogP) is 7.47. The SMILES string of the molecule is CCCCn1c(-c2ccccc2)nc(C)c1CN(Cc1ccc(C(C)(CC)C(=O)OC)cc1)Cc1ccc2c(c1)OCCO2. The largest absolute Gasteiger partial charge is 0.486 e. The fraction of sp³-hybridized carbons (Fsp3) is 0.405. The molecule has 0 radical (unpaired) electrons. The Balaban J connectivity index is 1.48. The third kappa shape index (κ3) is 6.83. The molecular formula is C37H45N3O4. The number of hydrogen-bond acceptors (Lipinski definition) is 6. The average Bonchev–Trinajstić information content (AvgIpc) is 3.37. The molecular weight excluding hydrogens is 550 g/mol. The first-order chi connectivity index (χ1) is 21.4. The van der Waals surface area contributed by atoms with Crippen LogP contribution in [-0.4, -0.2) is 40.7 Å². The molecule has 2 heterocycles. The number of aromatic nitrogens is 2. The Kier molecular flexibility index (Phi) is 10.1. The zero-order valence-electron chi connectivity index (χ0n) is 26.8. The van der Waals surface area contributed by atoms with Gasteiger partial charge in [-0.25, -0.2) is 4.98 Å². The molecule has 7 heteroatoms. The van der Waals surface area contributed by atoms with E-state index in [4.69, 9.17) is 19.2 Å². The molecule has 0 fully saturated rings. The van der Waals surface area contributed by atoms with Crippen molar-refractivity contribution in [3.8, 4) is 22.9 Å². The molecule has 1 aliphatic heterocycles. The van der Waals surface area contributed by atoms with E-state index in [0.29, 0.717) is 19.6 Å². The van der Waals surface area contributed by atoms with E-state index < -0.39 is 5.41 Å². The zero-order chi connectivity index (χ0) is 31.1. The van der Waals surface area contributed by atoms with Crippen molar-refractivity contribution in [2.24, 2.45) is 0 Å². The Morgan fingerprint density at radius 3 is 2.30 bits per heavy atom. The summed E-state index contributed by atoms with van der Waals surface area (Å²) in [4.78, 5) is 20.2. The van der Waals surface area contributed by atoms with E-state index in [-0.39, 0.29) is 5.97 Å². The molecule has 5 rings (SSSR count). The molecule has 4 aromatic rings. The van der Waals surface area contributed by atoms with Crippen LogP contribution in [0.2, 0.25) is 0 Å². The van der Waals surface area contributed by atoms with Gasteiger partial charge in [-0.3, -0.25) is 9.69 Å². The summed E-state index contributed by atoms with van der Waals surface area (Å²) in [6, 6.07) is 25.1. The van der Waals surface area contributed by atoms with Gasteiger partial charge in [0.25, 0.3) is 0 Å². The lowest BCUT2D eigenvalue weighted by atomic mass is 9.80. The van der Waals surface area contributed by atoms with Gasteiger partial charge in [-0.2, -0.15) is 0 Å². The van der Waals surface area contributed by atoms with Gasteiger partial charge >= 0.3 is 5.97 Å². The van der Waals surface area contributed by atoms with Crippen LogP contribution in [-0.2, 0) is 41.1 Å². The first-order valence-corrected chi connectivity index (χ1v) is 15.8. The van der Waals surface area contributed by atoms with Crippen molar-refractivity contribution in [3.05, 3.63) is 101 Å². The summed E-state index contributed by atoms with van der Waals surface area (Å²) in [6.07, 6.45) is 2.86. The Morgan fingerprint density at radius 1 is 0.932 bits per heavy atom. The number of imidazole rings is 1. The van der Waals surface area contributed by atoms with E-state index in [2.05, 4.69) is 84.0 Å². The van der Waals surface area contributed by atoms with Crippen LogP contribution in [0.25, 0.3) is 11.4 Å². The minimum absolute atomic E-state index is 0.210. The number of fused-ring (bicyclic) bond motifs is 1. The van der Waals surface area contributed by atoms with Crippen molar-refractivity contribution in [2.75, 3.05) is 20.3 Å². The van der Waals surface area contributed by atoms with Crippen LogP contribution in [0.5, 0.6) is 11.5 Å². The number of unbranched alkanes of at least 4 members (excludes halogenated alkanes) is 1. The van der Waals surface area contributed by atoms with Gasteiger partial charge in [0.1, 0.15) is 19.0 Å². The second kappa shape index (κ2) is 14.1. The summed E-state index contributed by atoms with van der Waals surface area (Å²) in [6.45, 7) is 12.6. The number of benzene rings is 3. The monoisotopic (exact) mass is 595 g/mol. The Hall–Kier alpha value is -4.10.